The van der Waals surface area contributed by atoms with Crippen molar-refractivity contribution in [2.24, 2.45) is 4.40 Å². The zero-order valence-electron chi connectivity index (χ0n) is 17.3. The van der Waals surface area contributed by atoms with Crippen LogP contribution in [0.1, 0.15) is 23.7 Å². The van der Waals surface area contributed by atoms with Gasteiger partial charge in [0.25, 0.3) is 5.91 Å². The Bertz CT molecular complexity index is 1220. The highest BCUT2D eigenvalue weighted by molar-refractivity contribution is 7.88. The zero-order chi connectivity index (χ0) is 23.7. The summed E-state index contributed by atoms with van der Waals surface area (Å²) in [4.78, 5) is 16.2. The maximum absolute atomic E-state index is 12.9. The number of likely N-dealkylation sites (N-methyl/N-ethyl adjacent to an activating group) is 1. The lowest BCUT2D eigenvalue weighted by Gasteiger charge is -2.26. The highest BCUT2D eigenvalue weighted by atomic mass is 32.2. The molecule has 2 heterocycles. The second-order valence-corrected chi connectivity index (χ2v) is 8.21. The van der Waals surface area contributed by atoms with Gasteiger partial charge < -0.3 is 10.1 Å². The normalized spacial score (nSPS) is 15.6. The first-order chi connectivity index (χ1) is 15.0. The van der Waals surface area contributed by atoms with Crippen LogP contribution in [0.15, 0.2) is 52.6 Å². The van der Waals surface area contributed by atoms with Gasteiger partial charge in [-0.15, -0.1) is 4.40 Å². The Morgan fingerprint density at radius 2 is 1.94 bits per heavy atom. The molecule has 3 rings (SSSR count). The average molecular weight is 468 g/mol. The summed E-state index contributed by atoms with van der Waals surface area (Å²) < 4.78 is 73.8. The van der Waals surface area contributed by atoms with Crippen molar-refractivity contribution < 1.29 is 31.1 Å². The number of nitrogens with zero attached hydrogens (tertiary/aromatic N) is 3. The van der Waals surface area contributed by atoms with E-state index in [0.717, 1.165) is 22.0 Å². The molecule has 0 unspecified atom stereocenters. The average Bonchev–Trinajstić information content (AvgIpc) is 2.72. The van der Waals surface area contributed by atoms with Crippen molar-refractivity contribution in [2.45, 2.75) is 20.0 Å². The molecule has 8 nitrogen and oxygen atoms in total. The molecule has 1 aromatic carbocycles. The first kappa shape index (κ1) is 23.3. The Labute approximate surface area is 182 Å². The van der Waals surface area contributed by atoms with E-state index in [0.29, 0.717) is 11.3 Å². The molecular formula is C20H19F3N4O4S. The summed E-state index contributed by atoms with van der Waals surface area (Å²) in [6.07, 6.45) is -3.44. The molecule has 0 fully saturated rings. The van der Waals surface area contributed by atoms with E-state index in [1.807, 2.05) is 0 Å². The molecule has 1 aliphatic rings. The third-order valence-electron chi connectivity index (χ3n) is 4.53. The van der Waals surface area contributed by atoms with Crippen molar-refractivity contribution in [1.82, 2.24) is 9.29 Å². The van der Waals surface area contributed by atoms with E-state index in [1.165, 1.54) is 26.2 Å². The minimum atomic E-state index is -4.70. The van der Waals surface area contributed by atoms with Crippen molar-refractivity contribution in [1.29, 1.82) is 0 Å². The van der Waals surface area contributed by atoms with Crippen molar-refractivity contribution in [3.63, 3.8) is 0 Å². The first-order valence-electron chi connectivity index (χ1n) is 9.31. The highest BCUT2D eigenvalue weighted by Gasteiger charge is 2.34. The minimum Gasteiger partial charge on any atom is -0.496 e. The Balaban J connectivity index is 2.00. The Morgan fingerprint density at radius 1 is 1.22 bits per heavy atom. The van der Waals surface area contributed by atoms with Crippen LogP contribution in [0.2, 0.25) is 0 Å². The number of amides is 1. The fourth-order valence-electron chi connectivity index (χ4n) is 3.05. The SMILES string of the molecule is CCN1C(C(=O)Nc2cccc(C(F)(F)F)n2)=CC(c2ccc(OC)c(C)c2)=NS1(=O)=O. The molecule has 0 atom stereocenters. The van der Waals surface area contributed by atoms with Crippen molar-refractivity contribution in [2.75, 3.05) is 19.0 Å². The standard InChI is InChI=1S/C20H19F3N4O4S/c1-4-27-15(19(28)25-18-7-5-6-17(24-18)20(21,22)23)11-14(26-32(27,29)30)13-8-9-16(31-3)12(2)10-13/h5-11H,4H2,1-3H3,(H,24,25,28). The molecule has 170 valence electrons. The Kier molecular flexibility index (Phi) is 6.26. The molecule has 2 aromatic rings. The highest BCUT2D eigenvalue weighted by Crippen LogP contribution is 2.29. The quantitative estimate of drug-likeness (QED) is 0.726. The number of anilines is 1. The van der Waals surface area contributed by atoms with E-state index in [2.05, 4.69) is 14.7 Å². The van der Waals surface area contributed by atoms with E-state index in [-0.39, 0.29) is 23.8 Å². The molecule has 0 saturated heterocycles. The molecule has 0 radical (unpaired) electrons. The zero-order valence-corrected chi connectivity index (χ0v) is 18.1. The van der Waals surface area contributed by atoms with Gasteiger partial charge in [-0.2, -0.15) is 21.6 Å². The fraction of sp³-hybridized carbons (Fsp3) is 0.250. The summed E-state index contributed by atoms with van der Waals surface area (Å²) in [6, 6.07) is 7.88. The number of halogens is 3. The third kappa shape index (κ3) is 4.74. The molecule has 12 heteroatoms. The lowest BCUT2D eigenvalue weighted by molar-refractivity contribution is -0.141. The van der Waals surface area contributed by atoms with Gasteiger partial charge in [0.15, 0.2) is 0 Å². The number of hydrogen-bond acceptors (Lipinski definition) is 5. The molecule has 1 aromatic heterocycles. The van der Waals surface area contributed by atoms with Crippen LogP contribution in [-0.2, 0) is 21.2 Å². The van der Waals surface area contributed by atoms with E-state index < -0.39 is 28.0 Å². The first-order valence-corrected chi connectivity index (χ1v) is 10.7. The topological polar surface area (TPSA) is 101 Å². The number of pyridine rings is 1. The van der Waals surface area contributed by atoms with Crippen LogP contribution in [-0.4, -0.2) is 43.0 Å². The number of alkyl halides is 3. The largest absolute Gasteiger partial charge is 0.496 e. The lowest BCUT2D eigenvalue weighted by atomic mass is 10.1. The van der Waals surface area contributed by atoms with Crippen LogP contribution in [0.4, 0.5) is 19.0 Å². The van der Waals surface area contributed by atoms with Crippen LogP contribution < -0.4 is 10.1 Å². The molecular weight excluding hydrogens is 449 g/mol. The third-order valence-corrected chi connectivity index (χ3v) is 5.97. The van der Waals surface area contributed by atoms with Gasteiger partial charge >= 0.3 is 16.4 Å². The number of nitrogens with one attached hydrogen (secondary N) is 1. The maximum Gasteiger partial charge on any atom is 0.433 e. The van der Waals surface area contributed by atoms with Gasteiger partial charge in [0.1, 0.15) is 23.0 Å². The van der Waals surface area contributed by atoms with Crippen molar-refractivity contribution >= 4 is 27.6 Å². The van der Waals surface area contributed by atoms with Gasteiger partial charge in [0.2, 0.25) is 0 Å². The number of rotatable bonds is 5. The van der Waals surface area contributed by atoms with E-state index in [4.69, 9.17) is 4.74 Å². The predicted octanol–water partition coefficient (Wildman–Crippen LogP) is 3.31. The molecule has 1 N–H and O–H groups in total. The maximum atomic E-state index is 12.9. The Hall–Kier alpha value is -3.41. The molecule has 0 saturated carbocycles. The number of carbonyl (C=O) groups excluding carboxylic acids is 1. The van der Waals surface area contributed by atoms with Crippen LogP contribution in [0.25, 0.3) is 0 Å². The van der Waals surface area contributed by atoms with Gasteiger partial charge in [-0.1, -0.05) is 6.07 Å². The summed E-state index contributed by atoms with van der Waals surface area (Å²) >= 11 is 0. The number of aryl methyl sites for hydroxylation is 1. The Morgan fingerprint density at radius 3 is 2.53 bits per heavy atom. The summed E-state index contributed by atoms with van der Waals surface area (Å²) in [5.74, 6) is -0.732. The van der Waals surface area contributed by atoms with E-state index in [9.17, 15) is 26.4 Å². The second kappa shape index (κ2) is 8.61. The van der Waals surface area contributed by atoms with E-state index in [1.54, 1.807) is 25.1 Å². The summed E-state index contributed by atoms with van der Waals surface area (Å²) in [5, 5.41) is 2.23. The second-order valence-electron chi connectivity index (χ2n) is 6.69. The summed E-state index contributed by atoms with van der Waals surface area (Å²) in [5.41, 5.74) is -0.350. The number of allylic oxidation sites excluding steroid dienone is 1. The number of aromatic nitrogens is 1. The number of carbonyl (C=O) groups is 1. The molecule has 32 heavy (non-hydrogen) atoms. The van der Waals surface area contributed by atoms with Gasteiger partial charge in [-0.05, 0) is 55.8 Å². The molecule has 0 aliphatic carbocycles. The van der Waals surface area contributed by atoms with Gasteiger partial charge in [0, 0.05) is 12.1 Å². The number of ether oxygens (including phenoxy) is 1. The molecule has 0 spiro atoms. The summed E-state index contributed by atoms with van der Waals surface area (Å²) in [6.45, 7) is 3.14. The predicted molar refractivity (Wildman–Crippen MR) is 112 cm³/mol. The van der Waals surface area contributed by atoms with Gasteiger partial charge in [0.05, 0.1) is 12.8 Å². The fourth-order valence-corrected chi connectivity index (χ4v) is 4.27. The van der Waals surface area contributed by atoms with Crippen LogP contribution >= 0.6 is 0 Å². The number of methoxy groups -OCH3 is 1. The smallest absolute Gasteiger partial charge is 0.433 e. The van der Waals surface area contributed by atoms with Gasteiger partial charge in [-0.3, -0.25) is 4.79 Å². The molecule has 0 bridgehead atoms. The summed E-state index contributed by atoms with van der Waals surface area (Å²) in [7, 11) is -2.76. The lowest BCUT2D eigenvalue weighted by Crippen LogP contribution is -2.38. The van der Waals surface area contributed by atoms with Crippen LogP contribution in [0, 0.1) is 6.92 Å². The van der Waals surface area contributed by atoms with Crippen molar-refractivity contribution in [3.8, 4) is 5.75 Å². The monoisotopic (exact) mass is 468 g/mol. The minimum absolute atomic E-state index is 0.00241. The van der Waals surface area contributed by atoms with Gasteiger partial charge in [-0.25, -0.2) is 9.29 Å². The number of hydrogen-bond donors (Lipinski definition) is 1. The van der Waals surface area contributed by atoms with Crippen molar-refractivity contribution in [3.05, 3.63) is 65.0 Å². The van der Waals surface area contributed by atoms with Crippen LogP contribution in [0.3, 0.4) is 0 Å². The molecule has 1 amide bonds. The van der Waals surface area contributed by atoms with E-state index >= 15 is 0 Å². The number of benzene rings is 1. The van der Waals surface area contributed by atoms with Crippen LogP contribution in [0.5, 0.6) is 5.75 Å². The molecule has 1 aliphatic heterocycles.